The molecule has 2 aromatic rings. The molecule has 0 aliphatic carbocycles. The van der Waals surface area contributed by atoms with E-state index < -0.39 is 22.0 Å². The van der Waals surface area contributed by atoms with Crippen molar-refractivity contribution >= 4 is 21.6 Å². The first-order chi connectivity index (χ1) is 12.8. The maximum atomic E-state index is 12.3. The largest absolute Gasteiger partial charge is 0.381 e. The molecule has 0 bridgehead atoms. The molecule has 0 saturated heterocycles. The van der Waals surface area contributed by atoms with Gasteiger partial charge in [-0.2, -0.15) is 5.26 Å². The van der Waals surface area contributed by atoms with Crippen molar-refractivity contribution < 1.29 is 18.3 Å². The Balaban J connectivity index is 2.08. The molecule has 0 aliphatic rings. The SMILES string of the molecule is Cc1ccc(S(=O)(=O)NC(=O)C(O)CN(CCC#N)c2ccccc2)cc1. The van der Waals surface area contributed by atoms with Gasteiger partial charge >= 0.3 is 0 Å². The molecule has 1 atom stereocenters. The average molecular weight is 387 g/mol. The predicted octanol–water partition coefficient (Wildman–Crippen LogP) is 1.58. The van der Waals surface area contributed by atoms with Gasteiger partial charge in [0.2, 0.25) is 0 Å². The Morgan fingerprint density at radius 3 is 2.41 bits per heavy atom. The number of para-hydroxylation sites is 1. The normalized spacial score (nSPS) is 12.0. The molecule has 2 N–H and O–H groups in total. The molecule has 27 heavy (non-hydrogen) atoms. The highest BCUT2D eigenvalue weighted by Crippen LogP contribution is 2.15. The van der Waals surface area contributed by atoms with Gasteiger partial charge in [0.1, 0.15) is 0 Å². The van der Waals surface area contributed by atoms with Crippen molar-refractivity contribution in [2.45, 2.75) is 24.3 Å². The van der Waals surface area contributed by atoms with Crippen LogP contribution in [0.4, 0.5) is 5.69 Å². The minimum absolute atomic E-state index is 0.0574. The Morgan fingerprint density at radius 2 is 1.81 bits per heavy atom. The Bertz CT molecular complexity index is 906. The lowest BCUT2D eigenvalue weighted by atomic mass is 10.2. The van der Waals surface area contributed by atoms with E-state index in [1.807, 2.05) is 23.8 Å². The van der Waals surface area contributed by atoms with Crippen molar-refractivity contribution in [3.63, 3.8) is 0 Å². The van der Waals surface area contributed by atoms with Crippen LogP contribution in [0.25, 0.3) is 0 Å². The van der Waals surface area contributed by atoms with E-state index in [4.69, 9.17) is 5.26 Å². The van der Waals surface area contributed by atoms with Crippen LogP contribution in [0.1, 0.15) is 12.0 Å². The number of carbonyl (C=O) groups excluding carboxylic acids is 1. The number of nitriles is 1. The molecule has 0 radical (unpaired) electrons. The highest BCUT2D eigenvalue weighted by molar-refractivity contribution is 7.90. The number of rotatable bonds is 8. The number of nitrogens with zero attached hydrogens (tertiary/aromatic N) is 2. The van der Waals surface area contributed by atoms with Crippen molar-refractivity contribution in [3.8, 4) is 6.07 Å². The summed E-state index contributed by atoms with van der Waals surface area (Å²) >= 11 is 0. The number of anilines is 1. The van der Waals surface area contributed by atoms with Crippen molar-refractivity contribution in [2.24, 2.45) is 0 Å². The fraction of sp³-hybridized carbons (Fsp3) is 0.263. The van der Waals surface area contributed by atoms with Gasteiger partial charge in [0.25, 0.3) is 15.9 Å². The Kier molecular flexibility index (Phi) is 6.93. The summed E-state index contributed by atoms with van der Waals surface area (Å²) in [5.41, 5.74) is 1.61. The second-order valence-electron chi connectivity index (χ2n) is 5.99. The Hall–Kier alpha value is -2.89. The Morgan fingerprint density at radius 1 is 1.19 bits per heavy atom. The topological polar surface area (TPSA) is 110 Å². The van der Waals surface area contributed by atoms with E-state index in [0.29, 0.717) is 6.54 Å². The molecule has 1 amide bonds. The molecule has 1 unspecified atom stereocenters. The summed E-state index contributed by atoms with van der Waals surface area (Å²) in [7, 11) is -4.07. The third kappa shape index (κ3) is 5.81. The van der Waals surface area contributed by atoms with Crippen molar-refractivity contribution in [2.75, 3.05) is 18.0 Å². The average Bonchev–Trinajstić information content (AvgIpc) is 2.65. The van der Waals surface area contributed by atoms with Gasteiger partial charge in [-0.05, 0) is 31.2 Å². The summed E-state index contributed by atoms with van der Waals surface area (Å²) in [5.74, 6) is -1.02. The molecule has 2 rings (SSSR count). The molecule has 0 aliphatic heterocycles. The van der Waals surface area contributed by atoms with Crippen LogP contribution in [0.5, 0.6) is 0 Å². The number of aliphatic hydroxyl groups excluding tert-OH is 1. The molecule has 7 nitrogen and oxygen atoms in total. The van der Waals surface area contributed by atoms with Crippen molar-refractivity contribution in [1.29, 1.82) is 5.26 Å². The number of nitrogens with one attached hydrogen (secondary N) is 1. The number of aryl methyl sites for hydroxylation is 1. The fourth-order valence-corrected chi connectivity index (χ4v) is 3.43. The zero-order valence-corrected chi connectivity index (χ0v) is 15.7. The number of aliphatic hydroxyl groups is 1. The number of hydrogen-bond acceptors (Lipinski definition) is 6. The zero-order chi connectivity index (χ0) is 19.9. The van der Waals surface area contributed by atoms with Crippen LogP contribution in [0.2, 0.25) is 0 Å². The summed E-state index contributed by atoms with van der Waals surface area (Å²) in [5, 5.41) is 19.0. The quantitative estimate of drug-likeness (QED) is 0.712. The highest BCUT2D eigenvalue weighted by atomic mass is 32.2. The third-order valence-electron chi connectivity index (χ3n) is 3.88. The van der Waals surface area contributed by atoms with E-state index in [1.165, 1.54) is 12.1 Å². The maximum Gasteiger partial charge on any atom is 0.264 e. The van der Waals surface area contributed by atoms with Gasteiger partial charge in [-0.15, -0.1) is 0 Å². The van der Waals surface area contributed by atoms with Crippen molar-refractivity contribution in [1.82, 2.24) is 4.72 Å². The molecule has 0 spiro atoms. The summed E-state index contributed by atoms with van der Waals surface area (Å²) in [6.45, 7) is 1.98. The molecule has 8 heteroatoms. The van der Waals surface area contributed by atoms with Crippen LogP contribution in [0.15, 0.2) is 59.5 Å². The summed E-state index contributed by atoms with van der Waals surface area (Å²) in [6, 6.07) is 17.0. The summed E-state index contributed by atoms with van der Waals surface area (Å²) in [6.07, 6.45) is -1.38. The van der Waals surface area contributed by atoms with Gasteiger partial charge in [0, 0.05) is 12.2 Å². The lowest BCUT2D eigenvalue weighted by molar-refractivity contribution is -0.126. The Labute approximate surface area is 158 Å². The lowest BCUT2D eigenvalue weighted by Crippen LogP contribution is -2.45. The predicted molar refractivity (Wildman–Crippen MR) is 101 cm³/mol. The van der Waals surface area contributed by atoms with Crippen LogP contribution in [-0.2, 0) is 14.8 Å². The minimum atomic E-state index is -4.07. The number of amides is 1. The van der Waals surface area contributed by atoms with Gasteiger partial charge < -0.3 is 10.0 Å². The standard InChI is InChI=1S/C19H21N3O4S/c1-15-8-10-17(11-9-15)27(25,26)21-19(24)18(23)14-22(13-5-12-20)16-6-3-2-4-7-16/h2-4,6-11,18,23H,5,13-14H2,1H3,(H,21,24). The molecule has 2 aromatic carbocycles. The van der Waals surface area contributed by atoms with Crippen LogP contribution in [0.3, 0.4) is 0 Å². The van der Waals surface area contributed by atoms with E-state index in [-0.39, 0.29) is 17.9 Å². The van der Waals surface area contributed by atoms with Crippen LogP contribution in [0, 0.1) is 18.3 Å². The van der Waals surface area contributed by atoms with Gasteiger partial charge in [0.05, 0.1) is 23.9 Å². The first-order valence-corrected chi connectivity index (χ1v) is 9.80. The van der Waals surface area contributed by atoms with E-state index in [9.17, 15) is 18.3 Å². The van der Waals surface area contributed by atoms with E-state index in [2.05, 4.69) is 0 Å². The van der Waals surface area contributed by atoms with E-state index >= 15 is 0 Å². The molecular weight excluding hydrogens is 366 g/mol. The van der Waals surface area contributed by atoms with Gasteiger partial charge in [0.15, 0.2) is 6.10 Å². The van der Waals surface area contributed by atoms with Gasteiger partial charge in [-0.1, -0.05) is 35.9 Å². The number of benzene rings is 2. The lowest BCUT2D eigenvalue weighted by Gasteiger charge is -2.26. The van der Waals surface area contributed by atoms with Crippen LogP contribution >= 0.6 is 0 Å². The van der Waals surface area contributed by atoms with E-state index in [1.54, 1.807) is 41.3 Å². The molecule has 142 valence electrons. The molecular formula is C19H21N3O4S. The van der Waals surface area contributed by atoms with Crippen LogP contribution in [-0.4, -0.2) is 38.6 Å². The van der Waals surface area contributed by atoms with E-state index in [0.717, 1.165) is 11.3 Å². The molecule has 0 saturated carbocycles. The van der Waals surface area contributed by atoms with Gasteiger partial charge in [-0.3, -0.25) is 4.79 Å². The van der Waals surface area contributed by atoms with Crippen LogP contribution < -0.4 is 9.62 Å². The first kappa shape index (κ1) is 20.4. The zero-order valence-electron chi connectivity index (χ0n) is 14.9. The number of sulfonamides is 1. The fourth-order valence-electron chi connectivity index (χ4n) is 2.42. The van der Waals surface area contributed by atoms with Gasteiger partial charge in [-0.25, -0.2) is 13.1 Å². The number of hydrogen-bond donors (Lipinski definition) is 2. The van der Waals surface area contributed by atoms with Crippen molar-refractivity contribution in [3.05, 3.63) is 60.2 Å². The second kappa shape index (κ2) is 9.16. The third-order valence-corrected chi connectivity index (χ3v) is 5.24. The first-order valence-electron chi connectivity index (χ1n) is 8.32. The summed E-state index contributed by atoms with van der Waals surface area (Å²) < 4.78 is 26.5. The minimum Gasteiger partial charge on any atom is -0.381 e. The summed E-state index contributed by atoms with van der Waals surface area (Å²) in [4.78, 5) is 13.8. The smallest absolute Gasteiger partial charge is 0.264 e. The highest BCUT2D eigenvalue weighted by Gasteiger charge is 2.25. The molecule has 0 heterocycles. The molecule has 0 aromatic heterocycles. The number of carbonyl (C=O) groups is 1. The molecule has 0 fully saturated rings. The monoisotopic (exact) mass is 387 g/mol. The maximum absolute atomic E-state index is 12.3. The second-order valence-corrected chi connectivity index (χ2v) is 7.67.